The molecule has 14 heavy (non-hydrogen) atoms. The third kappa shape index (κ3) is 10.1. The van der Waals surface area contributed by atoms with E-state index in [1.165, 1.54) is 57.8 Å². The van der Waals surface area contributed by atoms with Crippen LogP contribution in [0.4, 0.5) is 0 Å². The minimum Gasteiger partial charge on any atom is -0.0654 e. The summed E-state index contributed by atoms with van der Waals surface area (Å²) in [6.07, 6.45) is 15.0. The summed E-state index contributed by atoms with van der Waals surface area (Å²) in [5.74, 6) is 0.920. The fourth-order valence-electron chi connectivity index (χ4n) is 1.82. The molecule has 85 valence electrons. The SMILES string of the molecule is CCC[CH]CC(C)CCCCCCC. The van der Waals surface area contributed by atoms with Gasteiger partial charge in [0, 0.05) is 0 Å². The Labute approximate surface area is 91.5 Å². The predicted molar refractivity (Wildman–Crippen MR) is 66.4 cm³/mol. The lowest BCUT2D eigenvalue weighted by molar-refractivity contribution is 0.474. The second-order valence-electron chi connectivity index (χ2n) is 4.62. The van der Waals surface area contributed by atoms with Gasteiger partial charge < -0.3 is 0 Å². The molecule has 0 aromatic rings. The van der Waals surface area contributed by atoms with Crippen molar-refractivity contribution >= 4 is 0 Å². The first kappa shape index (κ1) is 14.0. The predicted octanol–water partition coefficient (Wildman–Crippen LogP) is 5.38. The van der Waals surface area contributed by atoms with Crippen LogP contribution in [0.1, 0.15) is 78.6 Å². The maximum atomic E-state index is 2.47. The highest BCUT2D eigenvalue weighted by atomic mass is 14.1. The first-order chi connectivity index (χ1) is 6.81. The Balaban J connectivity index is 3.06. The van der Waals surface area contributed by atoms with Crippen molar-refractivity contribution in [2.75, 3.05) is 0 Å². The van der Waals surface area contributed by atoms with Crippen LogP contribution >= 0.6 is 0 Å². The van der Waals surface area contributed by atoms with Gasteiger partial charge in [-0.2, -0.15) is 0 Å². The zero-order valence-electron chi connectivity index (χ0n) is 10.5. The molecule has 0 nitrogen and oxygen atoms in total. The van der Waals surface area contributed by atoms with Crippen molar-refractivity contribution in [3.63, 3.8) is 0 Å². The van der Waals surface area contributed by atoms with Crippen molar-refractivity contribution < 1.29 is 0 Å². The Morgan fingerprint density at radius 3 is 2.29 bits per heavy atom. The van der Waals surface area contributed by atoms with Crippen molar-refractivity contribution in [1.29, 1.82) is 0 Å². The lowest BCUT2D eigenvalue weighted by Gasteiger charge is -2.10. The highest BCUT2D eigenvalue weighted by Gasteiger charge is 2.01. The van der Waals surface area contributed by atoms with Crippen LogP contribution in [0.25, 0.3) is 0 Å². The standard InChI is InChI=1S/C14H29/c1-4-6-8-9-11-13-14(3)12-10-7-5-2/h10,14H,4-9,11-13H2,1-3H3. The van der Waals surface area contributed by atoms with Gasteiger partial charge in [0.1, 0.15) is 0 Å². The third-order valence-electron chi connectivity index (χ3n) is 2.86. The minimum atomic E-state index is 0.920. The summed E-state index contributed by atoms with van der Waals surface area (Å²) < 4.78 is 0. The zero-order valence-corrected chi connectivity index (χ0v) is 10.5. The summed E-state index contributed by atoms with van der Waals surface area (Å²) >= 11 is 0. The molecule has 0 bridgehead atoms. The van der Waals surface area contributed by atoms with Crippen LogP contribution in [-0.4, -0.2) is 0 Å². The number of hydrogen-bond donors (Lipinski definition) is 0. The minimum absolute atomic E-state index is 0.920. The summed E-state index contributed by atoms with van der Waals surface area (Å²) in [6, 6.07) is 0. The Hall–Kier alpha value is 0. The Morgan fingerprint density at radius 2 is 1.64 bits per heavy atom. The molecule has 1 radical (unpaired) electrons. The maximum absolute atomic E-state index is 2.47. The molecular weight excluding hydrogens is 168 g/mol. The van der Waals surface area contributed by atoms with Gasteiger partial charge in [0.25, 0.3) is 0 Å². The van der Waals surface area contributed by atoms with Crippen molar-refractivity contribution in [2.45, 2.75) is 78.6 Å². The molecule has 0 spiro atoms. The van der Waals surface area contributed by atoms with Gasteiger partial charge >= 0.3 is 0 Å². The molecule has 0 saturated heterocycles. The van der Waals surface area contributed by atoms with E-state index in [0.717, 1.165) is 5.92 Å². The van der Waals surface area contributed by atoms with Crippen LogP contribution < -0.4 is 0 Å². The number of hydrogen-bond acceptors (Lipinski definition) is 0. The molecule has 0 aromatic carbocycles. The molecule has 1 atom stereocenters. The Kier molecular flexibility index (Phi) is 11.1. The second kappa shape index (κ2) is 11.1. The first-order valence-electron chi connectivity index (χ1n) is 6.62. The normalized spacial score (nSPS) is 13.1. The molecule has 0 rings (SSSR count). The van der Waals surface area contributed by atoms with Gasteiger partial charge in [-0.15, -0.1) is 0 Å². The zero-order chi connectivity index (χ0) is 10.6. The maximum Gasteiger partial charge on any atom is -0.0383 e. The van der Waals surface area contributed by atoms with Crippen molar-refractivity contribution in [3.8, 4) is 0 Å². The van der Waals surface area contributed by atoms with Gasteiger partial charge in [0.05, 0.1) is 0 Å². The van der Waals surface area contributed by atoms with Crippen LogP contribution in [0, 0.1) is 12.3 Å². The van der Waals surface area contributed by atoms with E-state index in [4.69, 9.17) is 0 Å². The summed E-state index contributed by atoms with van der Waals surface area (Å²) in [6.45, 7) is 6.93. The van der Waals surface area contributed by atoms with E-state index < -0.39 is 0 Å². The summed E-state index contributed by atoms with van der Waals surface area (Å²) in [5.41, 5.74) is 0. The van der Waals surface area contributed by atoms with E-state index in [0.29, 0.717) is 0 Å². The van der Waals surface area contributed by atoms with E-state index in [2.05, 4.69) is 27.2 Å². The fourth-order valence-corrected chi connectivity index (χ4v) is 1.82. The molecule has 0 amide bonds. The molecule has 0 saturated carbocycles. The molecular formula is C14H29. The third-order valence-corrected chi connectivity index (χ3v) is 2.86. The Morgan fingerprint density at radius 1 is 0.929 bits per heavy atom. The average molecular weight is 197 g/mol. The van der Waals surface area contributed by atoms with Crippen LogP contribution in [0.2, 0.25) is 0 Å². The Bertz CT molecular complexity index is 96.2. The smallest absolute Gasteiger partial charge is 0.0383 e. The largest absolute Gasteiger partial charge is 0.0654 e. The van der Waals surface area contributed by atoms with Crippen molar-refractivity contribution in [2.24, 2.45) is 5.92 Å². The molecule has 0 aliphatic heterocycles. The van der Waals surface area contributed by atoms with Crippen molar-refractivity contribution in [1.82, 2.24) is 0 Å². The lowest BCUT2D eigenvalue weighted by Crippen LogP contribution is -1.95. The number of rotatable bonds is 10. The highest BCUT2D eigenvalue weighted by Crippen LogP contribution is 2.16. The van der Waals surface area contributed by atoms with Crippen LogP contribution in [0.3, 0.4) is 0 Å². The molecule has 0 N–H and O–H groups in total. The van der Waals surface area contributed by atoms with E-state index in [1.807, 2.05) is 0 Å². The van der Waals surface area contributed by atoms with Gasteiger partial charge in [-0.05, 0) is 18.8 Å². The van der Waals surface area contributed by atoms with Gasteiger partial charge in [-0.3, -0.25) is 0 Å². The van der Waals surface area contributed by atoms with E-state index in [1.54, 1.807) is 0 Å². The lowest BCUT2D eigenvalue weighted by atomic mass is 9.96. The molecule has 0 heteroatoms. The molecule has 0 aromatic heterocycles. The fraction of sp³-hybridized carbons (Fsp3) is 0.929. The monoisotopic (exact) mass is 197 g/mol. The average Bonchev–Trinajstić information content (AvgIpc) is 2.18. The second-order valence-corrected chi connectivity index (χ2v) is 4.62. The molecule has 0 aliphatic rings. The van der Waals surface area contributed by atoms with Crippen LogP contribution in [0.5, 0.6) is 0 Å². The molecule has 0 heterocycles. The van der Waals surface area contributed by atoms with Gasteiger partial charge in [0.15, 0.2) is 0 Å². The topological polar surface area (TPSA) is 0 Å². The summed E-state index contributed by atoms with van der Waals surface area (Å²) in [5, 5.41) is 0. The van der Waals surface area contributed by atoms with E-state index in [9.17, 15) is 0 Å². The van der Waals surface area contributed by atoms with Gasteiger partial charge in [-0.25, -0.2) is 0 Å². The highest BCUT2D eigenvalue weighted by molar-refractivity contribution is 4.67. The molecule has 0 aliphatic carbocycles. The van der Waals surface area contributed by atoms with Gasteiger partial charge in [-0.1, -0.05) is 72.1 Å². The van der Waals surface area contributed by atoms with Crippen LogP contribution in [0.15, 0.2) is 0 Å². The summed E-state index contributed by atoms with van der Waals surface area (Å²) in [7, 11) is 0. The van der Waals surface area contributed by atoms with Crippen molar-refractivity contribution in [3.05, 3.63) is 6.42 Å². The first-order valence-corrected chi connectivity index (χ1v) is 6.62. The van der Waals surface area contributed by atoms with E-state index >= 15 is 0 Å². The van der Waals surface area contributed by atoms with E-state index in [-0.39, 0.29) is 0 Å². The molecule has 0 fully saturated rings. The number of unbranched alkanes of at least 4 members (excludes halogenated alkanes) is 6. The van der Waals surface area contributed by atoms with Gasteiger partial charge in [0.2, 0.25) is 0 Å². The quantitative estimate of drug-likeness (QED) is 0.413. The van der Waals surface area contributed by atoms with Crippen LogP contribution in [-0.2, 0) is 0 Å². The molecule has 1 unspecified atom stereocenters. The summed E-state index contributed by atoms with van der Waals surface area (Å²) in [4.78, 5) is 0.